The Bertz CT molecular complexity index is 627. The Morgan fingerprint density at radius 2 is 2.21 bits per heavy atom. The highest BCUT2D eigenvalue weighted by Gasteiger charge is 2.12. The zero-order valence-corrected chi connectivity index (χ0v) is 10.8. The van der Waals surface area contributed by atoms with Gasteiger partial charge >= 0.3 is 0 Å². The normalized spacial score (nSPS) is 15.3. The van der Waals surface area contributed by atoms with Crippen LogP contribution in [0.5, 0.6) is 0 Å². The minimum absolute atomic E-state index is 0.0189. The number of carbonyl (C=O) groups excluding carboxylic acids is 1. The van der Waals surface area contributed by atoms with Crippen molar-refractivity contribution in [3.8, 4) is 0 Å². The molecule has 4 nitrogen and oxygen atoms in total. The Morgan fingerprint density at radius 3 is 3.05 bits per heavy atom. The lowest BCUT2D eigenvalue weighted by molar-refractivity contribution is -0.115. The van der Waals surface area contributed by atoms with Crippen LogP contribution < -0.4 is 5.32 Å². The average Bonchev–Trinajstić information content (AvgIpc) is 2.83. The number of aromatic amines is 1. The fraction of sp³-hybridized carbons (Fsp3) is 0.333. The summed E-state index contributed by atoms with van der Waals surface area (Å²) in [4.78, 5) is 12.0. The molecule has 3 rings (SSSR count). The van der Waals surface area contributed by atoms with Crippen LogP contribution in [0.3, 0.4) is 0 Å². The van der Waals surface area contributed by atoms with Crippen molar-refractivity contribution in [2.45, 2.75) is 32.1 Å². The maximum absolute atomic E-state index is 12.0. The molecule has 0 radical (unpaired) electrons. The van der Waals surface area contributed by atoms with Crippen LogP contribution in [0.15, 0.2) is 35.9 Å². The zero-order chi connectivity index (χ0) is 13.1. The van der Waals surface area contributed by atoms with Gasteiger partial charge in [0.05, 0.1) is 5.52 Å². The number of benzene rings is 1. The van der Waals surface area contributed by atoms with Gasteiger partial charge in [-0.25, -0.2) is 0 Å². The fourth-order valence-electron chi connectivity index (χ4n) is 2.51. The Kier molecular flexibility index (Phi) is 3.31. The first-order chi connectivity index (χ1) is 9.33. The molecule has 1 aromatic heterocycles. The second-order valence-corrected chi connectivity index (χ2v) is 4.95. The zero-order valence-electron chi connectivity index (χ0n) is 10.8. The molecule has 2 N–H and O–H groups in total. The van der Waals surface area contributed by atoms with Crippen LogP contribution in [0.25, 0.3) is 10.9 Å². The molecule has 0 atom stereocenters. The third-order valence-corrected chi connectivity index (χ3v) is 3.50. The van der Waals surface area contributed by atoms with Crippen molar-refractivity contribution in [2.24, 2.45) is 0 Å². The quantitative estimate of drug-likeness (QED) is 0.826. The van der Waals surface area contributed by atoms with Gasteiger partial charge in [-0.1, -0.05) is 23.8 Å². The van der Waals surface area contributed by atoms with E-state index in [0.717, 1.165) is 23.7 Å². The SMILES string of the molecule is O=C(CC1=CCCCC1)Nc1n[nH]c2ccccc12. The number of nitrogens with zero attached hydrogens (tertiary/aromatic N) is 1. The Morgan fingerprint density at radius 1 is 1.32 bits per heavy atom. The minimum Gasteiger partial charge on any atom is -0.308 e. The maximum Gasteiger partial charge on any atom is 0.229 e. The lowest BCUT2D eigenvalue weighted by Gasteiger charge is -2.11. The van der Waals surface area contributed by atoms with E-state index in [4.69, 9.17) is 0 Å². The van der Waals surface area contributed by atoms with E-state index in [1.807, 2.05) is 24.3 Å². The van der Waals surface area contributed by atoms with Gasteiger partial charge in [0.2, 0.25) is 5.91 Å². The Balaban J connectivity index is 1.70. The number of rotatable bonds is 3. The average molecular weight is 255 g/mol. The topological polar surface area (TPSA) is 57.8 Å². The highest BCUT2D eigenvalue weighted by atomic mass is 16.1. The van der Waals surface area contributed by atoms with Crippen LogP contribution in [0, 0.1) is 0 Å². The number of para-hydroxylation sites is 1. The molecule has 0 bridgehead atoms. The van der Waals surface area contributed by atoms with Gasteiger partial charge in [0, 0.05) is 11.8 Å². The van der Waals surface area contributed by atoms with E-state index < -0.39 is 0 Å². The number of anilines is 1. The van der Waals surface area contributed by atoms with Crippen molar-refractivity contribution in [1.29, 1.82) is 0 Å². The van der Waals surface area contributed by atoms with Crippen LogP contribution in [0.4, 0.5) is 5.82 Å². The predicted octanol–water partition coefficient (Wildman–Crippen LogP) is 3.39. The van der Waals surface area contributed by atoms with Crippen LogP contribution in [-0.2, 0) is 4.79 Å². The van der Waals surface area contributed by atoms with Gasteiger partial charge in [0.15, 0.2) is 5.82 Å². The van der Waals surface area contributed by atoms with E-state index >= 15 is 0 Å². The molecule has 1 amide bonds. The van der Waals surface area contributed by atoms with Crippen molar-refractivity contribution in [3.63, 3.8) is 0 Å². The first kappa shape index (κ1) is 12.0. The van der Waals surface area contributed by atoms with Gasteiger partial charge in [-0.15, -0.1) is 0 Å². The number of fused-ring (bicyclic) bond motifs is 1. The molecule has 4 heteroatoms. The van der Waals surface area contributed by atoms with Crippen molar-refractivity contribution < 1.29 is 4.79 Å². The molecule has 0 unspecified atom stereocenters. The van der Waals surface area contributed by atoms with Crippen LogP contribution in [-0.4, -0.2) is 16.1 Å². The van der Waals surface area contributed by atoms with Crippen molar-refractivity contribution in [1.82, 2.24) is 10.2 Å². The lowest BCUT2D eigenvalue weighted by Crippen LogP contribution is -2.13. The molecule has 1 heterocycles. The van der Waals surface area contributed by atoms with Gasteiger partial charge in [0.25, 0.3) is 0 Å². The molecule has 0 saturated heterocycles. The molecule has 1 aliphatic carbocycles. The highest BCUT2D eigenvalue weighted by Crippen LogP contribution is 2.22. The van der Waals surface area contributed by atoms with E-state index in [9.17, 15) is 4.79 Å². The summed E-state index contributed by atoms with van der Waals surface area (Å²) in [5.74, 6) is 0.641. The van der Waals surface area contributed by atoms with Crippen LogP contribution >= 0.6 is 0 Å². The summed E-state index contributed by atoms with van der Waals surface area (Å²) in [7, 11) is 0. The number of nitrogens with one attached hydrogen (secondary N) is 2. The van der Waals surface area contributed by atoms with Crippen molar-refractivity contribution >= 4 is 22.6 Å². The summed E-state index contributed by atoms with van der Waals surface area (Å²) in [6.07, 6.45) is 7.29. The standard InChI is InChI=1S/C15H17N3O/c19-14(10-11-6-2-1-3-7-11)16-15-12-8-4-5-9-13(12)17-18-15/h4-6,8-9H,1-3,7,10H2,(H2,16,17,18,19). The van der Waals surface area contributed by atoms with Crippen LogP contribution in [0.2, 0.25) is 0 Å². The first-order valence-electron chi connectivity index (χ1n) is 6.74. The van der Waals surface area contributed by atoms with Gasteiger partial charge in [0.1, 0.15) is 0 Å². The summed E-state index contributed by atoms with van der Waals surface area (Å²) >= 11 is 0. The summed E-state index contributed by atoms with van der Waals surface area (Å²) < 4.78 is 0. The molecule has 1 aromatic carbocycles. The number of hydrogen-bond acceptors (Lipinski definition) is 2. The molecule has 0 spiro atoms. The van der Waals surface area contributed by atoms with E-state index in [1.165, 1.54) is 18.4 Å². The monoisotopic (exact) mass is 255 g/mol. The predicted molar refractivity (Wildman–Crippen MR) is 75.9 cm³/mol. The minimum atomic E-state index is 0.0189. The maximum atomic E-state index is 12.0. The smallest absolute Gasteiger partial charge is 0.229 e. The Labute approximate surface area is 111 Å². The number of hydrogen-bond donors (Lipinski definition) is 2. The van der Waals surface area contributed by atoms with Crippen LogP contribution in [0.1, 0.15) is 32.1 Å². The van der Waals surface area contributed by atoms with Gasteiger partial charge in [-0.2, -0.15) is 5.10 Å². The van der Waals surface area contributed by atoms with Gasteiger partial charge < -0.3 is 5.32 Å². The van der Waals surface area contributed by atoms with E-state index in [0.29, 0.717) is 12.2 Å². The molecular formula is C15H17N3O. The molecule has 0 saturated carbocycles. The largest absolute Gasteiger partial charge is 0.308 e. The lowest BCUT2D eigenvalue weighted by atomic mass is 9.97. The highest BCUT2D eigenvalue weighted by molar-refractivity contribution is 6.00. The number of allylic oxidation sites excluding steroid dienone is 1. The summed E-state index contributed by atoms with van der Waals surface area (Å²) in [5, 5.41) is 10.9. The third kappa shape index (κ3) is 2.67. The summed E-state index contributed by atoms with van der Waals surface area (Å²) in [5.41, 5.74) is 2.19. The summed E-state index contributed by atoms with van der Waals surface area (Å²) in [6.45, 7) is 0. The molecule has 19 heavy (non-hydrogen) atoms. The molecule has 98 valence electrons. The molecule has 0 fully saturated rings. The number of carbonyl (C=O) groups is 1. The molecule has 1 aliphatic rings. The van der Waals surface area contributed by atoms with Gasteiger partial charge in [-0.3, -0.25) is 9.89 Å². The second-order valence-electron chi connectivity index (χ2n) is 4.95. The summed E-state index contributed by atoms with van der Waals surface area (Å²) in [6, 6.07) is 7.78. The molecular weight excluding hydrogens is 238 g/mol. The van der Waals surface area contributed by atoms with Crippen molar-refractivity contribution in [3.05, 3.63) is 35.9 Å². The molecule has 0 aliphatic heterocycles. The second kappa shape index (κ2) is 5.26. The Hall–Kier alpha value is -2.10. The van der Waals surface area contributed by atoms with E-state index in [2.05, 4.69) is 21.6 Å². The number of aromatic nitrogens is 2. The van der Waals surface area contributed by atoms with E-state index in [1.54, 1.807) is 0 Å². The number of H-pyrrole nitrogens is 1. The van der Waals surface area contributed by atoms with Gasteiger partial charge in [-0.05, 0) is 37.8 Å². The molecule has 2 aromatic rings. The van der Waals surface area contributed by atoms with E-state index in [-0.39, 0.29) is 5.91 Å². The number of amides is 1. The van der Waals surface area contributed by atoms with Crippen molar-refractivity contribution in [2.75, 3.05) is 5.32 Å². The third-order valence-electron chi connectivity index (χ3n) is 3.50. The first-order valence-corrected chi connectivity index (χ1v) is 6.74. The fourth-order valence-corrected chi connectivity index (χ4v) is 2.51.